The maximum absolute atomic E-state index is 12.9. The van der Waals surface area contributed by atoms with Gasteiger partial charge in [0.2, 0.25) is 5.91 Å². The maximum atomic E-state index is 12.9. The van der Waals surface area contributed by atoms with Crippen LogP contribution in [0.2, 0.25) is 5.02 Å². The van der Waals surface area contributed by atoms with E-state index in [0.29, 0.717) is 18.0 Å². The number of fused-ring (bicyclic) bond motifs is 1. The highest BCUT2D eigenvalue weighted by molar-refractivity contribution is 6.30. The minimum absolute atomic E-state index is 0.00474. The molecule has 0 aliphatic carbocycles. The lowest BCUT2D eigenvalue weighted by atomic mass is 9.88. The average Bonchev–Trinajstić information content (AvgIpc) is 3.15. The molecule has 2 heterocycles. The molecule has 0 aliphatic heterocycles. The van der Waals surface area contributed by atoms with Crippen LogP contribution in [0.25, 0.3) is 10.9 Å². The van der Waals surface area contributed by atoms with Crippen molar-refractivity contribution in [2.24, 2.45) is 0 Å². The monoisotopic (exact) mass is 417 g/mol. The summed E-state index contributed by atoms with van der Waals surface area (Å²) in [7, 11) is 0. The molecule has 1 amide bonds. The third-order valence-corrected chi connectivity index (χ3v) is 5.65. The van der Waals surface area contributed by atoms with E-state index in [1.54, 1.807) is 12.4 Å². The van der Waals surface area contributed by atoms with Gasteiger partial charge in [0, 0.05) is 59.9 Å². The largest absolute Gasteiger partial charge is 0.352 e. The second-order valence-corrected chi connectivity index (χ2v) is 7.77. The SMILES string of the molecule is CCn1cc(C(CC(=O)NCc2ccncc2)c2cccc(Cl)c2)c2ccccc21. The summed E-state index contributed by atoms with van der Waals surface area (Å²) in [5.41, 5.74) is 4.40. The first-order valence-corrected chi connectivity index (χ1v) is 10.5. The molecule has 1 N–H and O–H groups in total. The number of hydrogen-bond acceptors (Lipinski definition) is 2. The van der Waals surface area contributed by atoms with Crippen LogP contribution < -0.4 is 5.32 Å². The van der Waals surface area contributed by atoms with Crippen LogP contribution in [0.4, 0.5) is 0 Å². The van der Waals surface area contributed by atoms with Crippen LogP contribution in [0.15, 0.2) is 79.3 Å². The average molecular weight is 418 g/mol. The van der Waals surface area contributed by atoms with E-state index in [1.807, 2.05) is 48.5 Å². The summed E-state index contributed by atoms with van der Waals surface area (Å²) in [6.45, 7) is 3.49. The summed E-state index contributed by atoms with van der Waals surface area (Å²) < 4.78 is 2.23. The molecule has 1 unspecified atom stereocenters. The van der Waals surface area contributed by atoms with Gasteiger partial charge in [0.15, 0.2) is 0 Å². The van der Waals surface area contributed by atoms with Gasteiger partial charge in [-0.1, -0.05) is 41.9 Å². The molecule has 0 fully saturated rings. The van der Waals surface area contributed by atoms with Crippen molar-refractivity contribution in [1.82, 2.24) is 14.9 Å². The number of halogens is 1. The molecule has 4 nitrogen and oxygen atoms in total. The second kappa shape index (κ2) is 9.14. The number of carbonyl (C=O) groups is 1. The zero-order valence-corrected chi connectivity index (χ0v) is 17.6. The van der Waals surface area contributed by atoms with Crippen molar-refractivity contribution in [3.63, 3.8) is 0 Å². The minimum atomic E-state index is -0.0844. The molecule has 0 saturated carbocycles. The Morgan fingerprint density at radius 3 is 2.67 bits per heavy atom. The first kappa shape index (κ1) is 20.2. The Hall–Kier alpha value is -3.11. The highest BCUT2D eigenvalue weighted by Crippen LogP contribution is 2.35. The van der Waals surface area contributed by atoms with Gasteiger partial charge in [0.1, 0.15) is 0 Å². The van der Waals surface area contributed by atoms with Crippen LogP contribution in [0.3, 0.4) is 0 Å². The van der Waals surface area contributed by atoms with Crippen LogP contribution >= 0.6 is 11.6 Å². The van der Waals surface area contributed by atoms with E-state index in [2.05, 4.69) is 40.1 Å². The predicted octanol–water partition coefficient (Wildman–Crippen LogP) is 5.55. The van der Waals surface area contributed by atoms with E-state index in [9.17, 15) is 4.79 Å². The topological polar surface area (TPSA) is 46.9 Å². The molecule has 2 aromatic carbocycles. The van der Waals surface area contributed by atoms with Gasteiger partial charge in [-0.3, -0.25) is 9.78 Å². The van der Waals surface area contributed by atoms with Crippen molar-refractivity contribution in [2.75, 3.05) is 0 Å². The van der Waals surface area contributed by atoms with Crippen LogP contribution in [-0.2, 0) is 17.9 Å². The molecular formula is C25H24ClN3O. The molecule has 1 atom stereocenters. The molecule has 4 aromatic rings. The molecule has 0 radical (unpaired) electrons. The van der Waals surface area contributed by atoms with Crippen molar-refractivity contribution < 1.29 is 4.79 Å². The number of para-hydroxylation sites is 1. The Morgan fingerprint density at radius 1 is 1.10 bits per heavy atom. The van der Waals surface area contributed by atoms with Gasteiger partial charge in [-0.05, 0) is 53.9 Å². The number of nitrogens with one attached hydrogen (secondary N) is 1. The van der Waals surface area contributed by atoms with Gasteiger partial charge in [-0.2, -0.15) is 0 Å². The van der Waals surface area contributed by atoms with Crippen LogP contribution in [-0.4, -0.2) is 15.5 Å². The number of carbonyl (C=O) groups excluding carboxylic acids is 1. The highest BCUT2D eigenvalue weighted by Gasteiger charge is 2.22. The van der Waals surface area contributed by atoms with E-state index in [0.717, 1.165) is 23.2 Å². The van der Waals surface area contributed by atoms with Crippen molar-refractivity contribution >= 4 is 28.4 Å². The lowest BCUT2D eigenvalue weighted by Crippen LogP contribution is -2.25. The first-order valence-electron chi connectivity index (χ1n) is 10.1. The summed E-state index contributed by atoms with van der Waals surface area (Å²) in [4.78, 5) is 16.9. The van der Waals surface area contributed by atoms with Crippen LogP contribution in [0.5, 0.6) is 0 Å². The Labute approximate surface area is 181 Å². The lowest BCUT2D eigenvalue weighted by Gasteiger charge is -2.18. The zero-order valence-electron chi connectivity index (χ0n) is 16.9. The smallest absolute Gasteiger partial charge is 0.221 e. The summed E-state index contributed by atoms with van der Waals surface area (Å²) >= 11 is 6.29. The van der Waals surface area contributed by atoms with Crippen molar-refractivity contribution in [2.45, 2.75) is 32.4 Å². The third-order valence-electron chi connectivity index (χ3n) is 5.42. The van der Waals surface area contributed by atoms with E-state index >= 15 is 0 Å². The normalized spacial score (nSPS) is 12.1. The molecule has 2 aromatic heterocycles. The van der Waals surface area contributed by atoms with E-state index in [-0.39, 0.29) is 11.8 Å². The number of amides is 1. The molecular weight excluding hydrogens is 394 g/mol. The van der Waals surface area contributed by atoms with Crippen molar-refractivity contribution in [1.29, 1.82) is 0 Å². The van der Waals surface area contributed by atoms with Gasteiger partial charge >= 0.3 is 0 Å². The highest BCUT2D eigenvalue weighted by atomic mass is 35.5. The number of aromatic nitrogens is 2. The van der Waals surface area contributed by atoms with E-state index in [1.165, 1.54) is 10.9 Å². The van der Waals surface area contributed by atoms with Crippen LogP contribution in [0.1, 0.15) is 36.0 Å². The molecule has 152 valence electrons. The third kappa shape index (κ3) is 4.39. The molecule has 0 saturated heterocycles. The first-order chi connectivity index (χ1) is 14.7. The fraction of sp³-hybridized carbons (Fsp3) is 0.200. The van der Waals surface area contributed by atoms with Gasteiger partial charge in [0.05, 0.1) is 0 Å². The molecule has 0 spiro atoms. The molecule has 0 aliphatic rings. The Bertz CT molecular complexity index is 1150. The Balaban J connectivity index is 1.67. The molecule has 0 bridgehead atoms. The van der Waals surface area contributed by atoms with Gasteiger partial charge < -0.3 is 9.88 Å². The number of nitrogens with zero attached hydrogens (tertiary/aromatic N) is 2. The minimum Gasteiger partial charge on any atom is -0.352 e. The molecule has 5 heteroatoms. The summed E-state index contributed by atoms with van der Waals surface area (Å²) in [6, 6.07) is 20.0. The standard InChI is InChI=1S/C25H24ClN3O/c1-2-29-17-23(21-8-3-4-9-24(21)29)22(19-6-5-7-20(26)14-19)15-25(30)28-16-18-10-12-27-13-11-18/h3-14,17,22H,2,15-16H2,1H3,(H,28,30). The number of hydrogen-bond donors (Lipinski definition) is 1. The predicted molar refractivity (Wildman–Crippen MR) is 122 cm³/mol. The van der Waals surface area contributed by atoms with Gasteiger partial charge in [-0.25, -0.2) is 0 Å². The second-order valence-electron chi connectivity index (χ2n) is 7.33. The van der Waals surface area contributed by atoms with Crippen LogP contribution in [0, 0.1) is 0 Å². The molecule has 4 rings (SSSR count). The fourth-order valence-corrected chi connectivity index (χ4v) is 4.10. The Kier molecular flexibility index (Phi) is 6.15. The van der Waals surface area contributed by atoms with E-state index in [4.69, 9.17) is 11.6 Å². The fourth-order valence-electron chi connectivity index (χ4n) is 3.90. The Morgan fingerprint density at radius 2 is 1.90 bits per heavy atom. The lowest BCUT2D eigenvalue weighted by molar-refractivity contribution is -0.121. The van der Waals surface area contributed by atoms with E-state index < -0.39 is 0 Å². The quantitative estimate of drug-likeness (QED) is 0.428. The van der Waals surface area contributed by atoms with Gasteiger partial charge in [-0.15, -0.1) is 0 Å². The van der Waals surface area contributed by atoms with Gasteiger partial charge in [0.25, 0.3) is 0 Å². The number of aryl methyl sites for hydroxylation is 1. The summed E-state index contributed by atoms with van der Waals surface area (Å²) in [5, 5.41) is 4.89. The van der Waals surface area contributed by atoms with Crippen molar-refractivity contribution in [3.8, 4) is 0 Å². The summed E-state index contributed by atoms with van der Waals surface area (Å²) in [5.74, 6) is -0.0797. The number of benzene rings is 2. The number of pyridine rings is 1. The van der Waals surface area contributed by atoms with Crippen molar-refractivity contribution in [3.05, 3.63) is 101 Å². The summed E-state index contributed by atoms with van der Waals surface area (Å²) in [6.07, 6.45) is 5.99. The number of rotatable bonds is 7. The molecule has 30 heavy (non-hydrogen) atoms. The zero-order chi connectivity index (χ0) is 20.9. The maximum Gasteiger partial charge on any atom is 0.221 e.